The van der Waals surface area contributed by atoms with Crippen LogP contribution in [0.2, 0.25) is 0 Å². The van der Waals surface area contributed by atoms with Crippen molar-refractivity contribution in [2.75, 3.05) is 32.5 Å². The zero-order chi connectivity index (χ0) is 30.0. The maximum atomic E-state index is 14.7. The van der Waals surface area contributed by atoms with Crippen molar-refractivity contribution in [2.24, 2.45) is 5.92 Å². The van der Waals surface area contributed by atoms with E-state index in [2.05, 4.69) is 52.5 Å². The van der Waals surface area contributed by atoms with E-state index in [1.807, 2.05) is 50.9 Å². The van der Waals surface area contributed by atoms with Gasteiger partial charge in [-0.1, -0.05) is 32.1 Å². The zero-order valence-electron chi connectivity index (χ0n) is 25.2. The van der Waals surface area contributed by atoms with Crippen LogP contribution in [0.15, 0.2) is 67.3 Å². The second-order valence-electron chi connectivity index (χ2n) is 12.2. The largest absolute Gasteiger partial charge is 0.384 e. The second kappa shape index (κ2) is 12.2. The summed E-state index contributed by atoms with van der Waals surface area (Å²) in [5, 5.41) is 12.8. The van der Waals surface area contributed by atoms with Crippen molar-refractivity contribution in [3.8, 4) is 33.8 Å². The summed E-state index contributed by atoms with van der Waals surface area (Å²) in [4.78, 5) is 19.5. The predicted molar refractivity (Wildman–Crippen MR) is 175 cm³/mol. The van der Waals surface area contributed by atoms with E-state index < -0.39 is 0 Å². The first kappa shape index (κ1) is 28.2. The van der Waals surface area contributed by atoms with Gasteiger partial charge < -0.3 is 15.2 Å². The molecule has 1 aromatic carbocycles. The lowest BCUT2D eigenvalue weighted by molar-refractivity contribution is 0.356. The van der Waals surface area contributed by atoms with Crippen LogP contribution in [0.5, 0.6) is 0 Å². The first-order chi connectivity index (χ1) is 21.5. The van der Waals surface area contributed by atoms with Gasteiger partial charge in [-0.2, -0.15) is 5.10 Å². The van der Waals surface area contributed by atoms with Gasteiger partial charge in [-0.05, 0) is 74.5 Å². The molecule has 44 heavy (non-hydrogen) atoms. The van der Waals surface area contributed by atoms with Crippen molar-refractivity contribution in [1.29, 1.82) is 0 Å². The molecule has 9 heteroatoms. The summed E-state index contributed by atoms with van der Waals surface area (Å²) in [6, 6.07) is 13.4. The van der Waals surface area contributed by atoms with Crippen LogP contribution in [0.1, 0.15) is 37.7 Å². The van der Waals surface area contributed by atoms with Crippen molar-refractivity contribution >= 4 is 27.6 Å². The standard InChI is InChI=1S/C35H37FN8/c1-44(2)11-10-38-28-15-24(14-27(36)17-28)33-29-18-32(41-31(29)8-9-39-33)34-30-16-26(21-40-35(30)43-42-34)25-13-23(19-37-20-25)12-22-6-4-3-5-7-22/h8-9,13-22,38,41H,3-7,10-12H2,1-2H3,(H,40,42,43). The van der Waals surface area contributed by atoms with Crippen molar-refractivity contribution < 1.29 is 4.39 Å². The van der Waals surface area contributed by atoms with Crippen LogP contribution in [0.25, 0.3) is 55.7 Å². The van der Waals surface area contributed by atoms with E-state index in [0.29, 0.717) is 23.4 Å². The number of halogens is 1. The van der Waals surface area contributed by atoms with Crippen molar-refractivity contribution in [3.63, 3.8) is 0 Å². The molecule has 0 spiro atoms. The summed E-state index contributed by atoms with van der Waals surface area (Å²) in [6.45, 7) is 1.56. The highest BCUT2D eigenvalue weighted by Gasteiger charge is 2.17. The molecule has 0 unspecified atom stereocenters. The number of anilines is 1. The Hall–Kier alpha value is -4.63. The Morgan fingerprint density at radius 2 is 1.77 bits per heavy atom. The number of hydrogen-bond acceptors (Lipinski definition) is 6. The fourth-order valence-electron chi connectivity index (χ4n) is 6.42. The SMILES string of the molecule is CN(C)CCNc1cc(F)cc(-c2nccc3[nH]c(-c4[nH]nc5ncc(-c6cncc(CC7CCCCC7)c6)cc45)cc23)c1. The highest BCUT2D eigenvalue weighted by atomic mass is 19.1. The van der Waals surface area contributed by atoms with E-state index in [0.717, 1.165) is 63.4 Å². The molecule has 0 amide bonds. The second-order valence-corrected chi connectivity index (χ2v) is 12.2. The van der Waals surface area contributed by atoms with E-state index in [1.165, 1.54) is 49.8 Å². The molecule has 7 rings (SSSR count). The number of aromatic amines is 2. The molecular weight excluding hydrogens is 551 g/mol. The third kappa shape index (κ3) is 5.92. The quantitative estimate of drug-likeness (QED) is 0.162. The van der Waals surface area contributed by atoms with Gasteiger partial charge in [0.1, 0.15) is 5.82 Å². The lowest BCUT2D eigenvalue weighted by Gasteiger charge is -2.21. The molecule has 5 aromatic heterocycles. The van der Waals surface area contributed by atoms with Gasteiger partial charge in [-0.15, -0.1) is 0 Å². The maximum absolute atomic E-state index is 14.7. The molecule has 0 aliphatic heterocycles. The number of aromatic nitrogens is 6. The van der Waals surface area contributed by atoms with E-state index >= 15 is 0 Å². The molecule has 1 aliphatic rings. The van der Waals surface area contributed by atoms with Gasteiger partial charge in [-0.3, -0.25) is 15.1 Å². The minimum atomic E-state index is -0.306. The summed E-state index contributed by atoms with van der Waals surface area (Å²) in [7, 11) is 4.03. The summed E-state index contributed by atoms with van der Waals surface area (Å²) >= 11 is 0. The molecule has 0 bridgehead atoms. The molecule has 0 saturated heterocycles. The zero-order valence-corrected chi connectivity index (χ0v) is 25.2. The first-order valence-electron chi connectivity index (χ1n) is 15.5. The third-order valence-electron chi connectivity index (χ3n) is 8.66. The summed E-state index contributed by atoms with van der Waals surface area (Å²) < 4.78 is 14.7. The van der Waals surface area contributed by atoms with E-state index in [1.54, 1.807) is 6.20 Å². The van der Waals surface area contributed by atoms with Crippen LogP contribution in [0.3, 0.4) is 0 Å². The van der Waals surface area contributed by atoms with Gasteiger partial charge in [0.2, 0.25) is 0 Å². The fourth-order valence-corrected chi connectivity index (χ4v) is 6.42. The van der Waals surface area contributed by atoms with E-state index in [9.17, 15) is 4.39 Å². The Kier molecular flexibility index (Phi) is 7.78. The van der Waals surface area contributed by atoms with Gasteiger partial charge in [0, 0.05) is 76.5 Å². The van der Waals surface area contributed by atoms with Crippen LogP contribution in [-0.2, 0) is 6.42 Å². The Bertz CT molecular complexity index is 1920. The van der Waals surface area contributed by atoms with Gasteiger partial charge in [0.15, 0.2) is 5.65 Å². The highest BCUT2D eigenvalue weighted by molar-refractivity contribution is 6.00. The molecule has 5 heterocycles. The van der Waals surface area contributed by atoms with Gasteiger partial charge in [-0.25, -0.2) is 9.37 Å². The van der Waals surface area contributed by atoms with Crippen LogP contribution < -0.4 is 5.32 Å². The van der Waals surface area contributed by atoms with Crippen LogP contribution in [-0.4, -0.2) is 62.2 Å². The Morgan fingerprint density at radius 1 is 0.909 bits per heavy atom. The van der Waals surface area contributed by atoms with Gasteiger partial charge in [0.05, 0.1) is 17.1 Å². The normalized spacial score (nSPS) is 14.2. The average molecular weight is 589 g/mol. The summed E-state index contributed by atoms with van der Waals surface area (Å²) in [5.41, 5.74) is 8.76. The topological polar surface area (TPSA) is 98.4 Å². The lowest BCUT2D eigenvalue weighted by atomic mass is 9.85. The lowest BCUT2D eigenvalue weighted by Crippen LogP contribution is -2.20. The maximum Gasteiger partial charge on any atom is 0.181 e. The Balaban J connectivity index is 1.21. The number of fused-ring (bicyclic) bond motifs is 2. The molecule has 1 aliphatic carbocycles. The highest BCUT2D eigenvalue weighted by Crippen LogP contribution is 2.35. The number of benzene rings is 1. The van der Waals surface area contributed by atoms with Crippen molar-refractivity contribution in [2.45, 2.75) is 38.5 Å². The van der Waals surface area contributed by atoms with Crippen molar-refractivity contribution in [3.05, 3.63) is 78.6 Å². The number of nitrogens with zero attached hydrogens (tertiary/aromatic N) is 5. The molecule has 0 radical (unpaired) electrons. The molecule has 0 atom stereocenters. The van der Waals surface area contributed by atoms with Crippen LogP contribution in [0, 0.1) is 11.7 Å². The van der Waals surface area contributed by atoms with Crippen molar-refractivity contribution in [1.82, 2.24) is 35.0 Å². The summed E-state index contributed by atoms with van der Waals surface area (Å²) in [5.74, 6) is 0.446. The molecular formula is C35H37FN8. The monoisotopic (exact) mass is 588 g/mol. The molecule has 8 nitrogen and oxygen atoms in total. The third-order valence-corrected chi connectivity index (χ3v) is 8.66. The van der Waals surface area contributed by atoms with Gasteiger partial charge >= 0.3 is 0 Å². The number of likely N-dealkylation sites (N-methyl/N-ethyl adjacent to an activating group) is 1. The van der Waals surface area contributed by atoms with E-state index in [-0.39, 0.29) is 5.82 Å². The number of H-pyrrole nitrogens is 2. The number of hydrogen-bond donors (Lipinski definition) is 3. The Morgan fingerprint density at radius 3 is 2.64 bits per heavy atom. The smallest absolute Gasteiger partial charge is 0.181 e. The van der Waals surface area contributed by atoms with Crippen LogP contribution >= 0.6 is 0 Å². The van der Waals surface area contributed by atoms with Gasteiger partial charge in [0.25, 0.3) is 0 Å². The predicted octanol–water partition coefficient (Wildman–Crippen LogP) is 7.47. The molecule has 1 fully saturated rings. The number of pyridine rings is 3. The molecule has 6 aromatic rings. The Labute approximate surface area is 256 Å². The fraction of sp³-hybridized carbons (Fsp3) is 0.314. The molecule has 1 saturated carbocycles. The summed E-state index contributed by atoms with van der Waals surface area (Å²) in [6.07, 6.45) is 15.3. The van der Waals surface area contributed by atoms with E-state index in [4.69, 9.17) is 0 Å². The minimum Gasteiger partial charge on any atom is -0.384 e. The number of nitrogens with one attached hydrogen (secondary N) is 3. The minimum absolute atomic E-state index is 0.306. The number of rotatable bonds is 9. The first-order valence-corrected chi connectivity index (χ1v) is 15.5. The van der Waals surface area contributed by atoms with Crippen LogP contribution in [0.4, 0.5) is 10.1 Å². The molecule has 224 valence electrons. The molecule has 3 N–H and O–H groups in total. The average Bonchev–Trinajstić information content (AvgIpc) is 3.65.